The summed E-state index contributed by atoms with van der Waals surface area (Å²) < 4.78 is 0. The van der Waals surface area contributed by atoms with E-state index < -0.39 is 0 Å². The van der Waals surface area contributed by atoms with E-state index in [4.69, 9.17) is 5.73 Å². The van der Waals surface area contributed by atoms with Gasteiger partial charge >= 0.3 is 0 Å². The Balaban J connectivity index is 2.29. The first-order valence-corrected chi connectivity index (χ1v) is 5.99. The molecule has 0 bridgehead atoms. The lowest BCUT2D eigenvalue weighted by Gasteiger charge is -2.06. The van der Waals surface area contributed by atoms with Gasteiger partial charge in [0.15, 0.2) is 0 Å². The van der Waals surface area contributed by atoms with Gasteiger partial charge < -0.3 is 16.4 Å². The molecule has 0 aromatic heterocycles. The topological polar surface area (TPSA) is 84.2 Å². The summed E-state index contributed by atoms with van der Waals surface area (Å²) in [5.41, 5.74) is 7.08. The van der Waals surface area contributed by atoms with Crippen molar-refractivity contribution in [3.63, 3.8) is 0 Å². The van der Waals surface area contributed by atoms with E-state index >= 15 is 0 Å². The maximum atomic E-state index is 11.6. The molecule has 0 aliphatic rings. The number of nitrogens with one attached hydrogen (secondary N) is 2. The average molecular weight is 249 g/mol. The zero-order valence-corrected chi connectivity index (χ0v) is 10.5. The fraction of sp³-hybridized carbons (Fsp3) is 0.385. The molecule has 0 aliphatic heterocycles. The van der Waals surface area contributed by atoms with Crippen molar-refractivity contribution in [2.75, 3.05) is 18.8 Å². The van der Waals surface area contributed by atoms with Crippen LogP contribution in [0.25, 0.3) is 0 Å². The van der Waals surface area contributed by atoms with Crippen LogP contribution in [0.3, 0.4) is 0 Å². The lowest BCUT2D eigenvalue weighted by molar-refractivity contribution is -0.125. The third kappa shape index (κ3) is 5.34. The van der Waals surface area contributed by atoms with Gasteiger partial charge in [-0.2, -0.15) is 0 Å². The molecule has 2 amide bonds. The number of carbonyl (C=O) groups excluding carboxylic acids is 2. The van der Waals surface area contributed by atoms with Gasteiger partial charge in [-0.15, -0.1) is 0 Å². The van der Waals surface area contributed by atoms with Crippen LogP contribution < -0.4 is 16.4 Å². The summed E-state index contributed by atoms with van der Waals surface area (Å²) in [7, 11) is 0. The van der Waals surface area contributed by atoms with Crippen molar-refractivity contribution in [2.45, 2.75) is 19.8 Å². The second kappa shape index (κ2) is 7.32. The average Bonchev–Trinajstić information content (AvgIpc) is 2.36. The molecule has 1 aromatic rings. The largest absolute Gasteiger partial charge is 0.399 e. The molecule has 98 valence electrons. The van der Waals surface area contributed by atoms with Crippen LogP contribution in [-0.4, -0.2) is 24.9 Å². The second-order valence-electron chi connectivity index (χ2n) is 4.05. The van der Waals surface area contributed by atoms with Gasteiger partial charge in [0.25, 0.3) is 0 Å². The number of amides is 2. The number of rotatable bonds is 6. The maximum absolute atomic E-state index is 11.6. The first kappa shape index (κ1) is 14.0. The molecule has 4 N–H and O–H groups in total. The predicted molar refractivity (Wildman–Crippen MR) is 70.9 cm³/mol. The molecule has 0 saturated heterocycles. The van der Waals surface area contributed by atoms with Gasteiger partial charge in [-0.25, -0.2) is 0 Å². The summed E-state index contributed by atoms with van der Waals surface area (Å²) in [5.74, 6) is -0.339. The second-order valence-corrected chi connectivity index (χ2v) is 4.05. The van der Waals surface area contributed by atoms with Crippen molar-refractivity contribution in [1.82, 2.24) is 10.6 Å². The molecule has 0 saturated carbocycles. The molecule has 0 unspecified atom stereocenters. The summed E-state index contributed by atoms with van der Waals surface area (Å²) in [5, 5.41) is 5.26. The SMILES string of the molecule is CCCNC(=O)CNC(=O)Cc1ccc(N)cc1. The minimum atomic E-state index is -0.175. The Morgan fingerprint density at radius 3 is 2.39 bits per heavy atom. The minimum Gasteiger partial charge on any atom is -0.399 e. The zero-order valence-electron chi connectivity index (χ0n) is 10.5. The van der Waals surface area contributed by atoms with Crippen LogP contribution in [0.4, 0.5) is 5.69 Å². The highest BCUT2D eigenvalue weighted by molar-refractivity contribution is 5.85. The van der Waals surface area contributed by atoms with Crippen LogP contribution in [-0.2, 0) is 16.0 Å². The Hall–Kier alpha value is -2.04. The quantitative estimate of drug-likeness (QED) is 0.640. The van der Waals surface area contributed by atoms with Gasteiger partial charge in [-0.1, -0.05) is 19.1 Å². The van der Waals surface area contributed by atoms with E-state index in [1.807, 2.05) is 6.92 Å². The van der Waals surface area contributed by atoms with E-state index in [0.29, 0.717) is 12.2 Å². The number of anilines is 1. The van der Waals surface area contributed by atoms with Crippen LogP contribution in [0, 0.1) is 0 Å². The van der Waals surface area contributed by atoms with Crippen molar-refractivity contribution in [3.05, 3.63) is 29.8 Å². The molecular formula is C13H19N3O2. The zero-order chi connectivity index (χ0) is 13.4. The number of benzene rings is 1. The molecule has 0 spiro atoms. The van der Waals surface area contributed by atoms with Crippen LogP contribution in [0.1, 0.15) is 18.9 Å². The lowest BCUT2D eigenvalue weighted by Crippen LogP contribution is -2.37. The van der Waals surface area contributed by atoms with Crippen LogP contribution in [0.15, 0.2) is 24.3 Å². The van der Waals surface area contributed by atoms with Gasteiger partial charge in [0.1, 0.15) is 0 Å². The predicted octanol–water partition coefficient (Wildman–Crippen LogP) is 0.454. The Morgan fingerprint density at radius 1 is 1.11 bits per heavy atom. The fourth-order valence-corrected chi connectivity index (χ4v) is 1.39. The van der Waals surface area contributed by atoms with Gasteiger partial charge in [0.2, 0.25) is 11.8 Å². The molecule has 0 atom stereocenters. The van der Waals surface area contributed by atoms with E-state index in [2.05, 4.69) is 10.6 Å². The first-order valence-electron chi connectivity index (χ1n) is 5.99. The highest BCUT2D eigenvalue weighted by Gasteiger charge is 2.05. The highest BCUT2D eigenvalue weighted by Crippen LogP contribution is 2.05. The normalized spacial score (nSPS) is 9.83. The molecule has 5 heteroatoms. The smallest absolute Gasteiger partial charge is 0.239 e. The third-order valence-corrected chi connectivity index (χ3v) is 2.36. The Morgan fingerprint density at radius 2 is 1.78 bits per heavy atom. The number of nitrogens with two attached hydrogens (primary N) is 1. The summed E-state index contributed by atoms with van der Waals surface area (Å²) >= 11 is 0. The van der Waals surface area contributed by atoms with Crippen LogP contribution in [0.5, 0.6) is 0 Å². The third-order valence-electron chi connectivity index (χ3n) is 2.36. The molecule has 5 nitrogen and oxygen atoms in total. The number of hydrogen-bond acceptors (Lipinski definition) is 3. The Kier molecular flexibility index (Phi) is 5.70. The fourth-order valence-electron chi connectivity index (χ4n) is 1.39. The van der Waals surface area contributed by atoms with Gasteiger partial charge in [0, 0.05) is 12.2 Å². The van der Waals surface area contributed by atoms with Gasteiger partial charge in [0.05, 0.1) is 13.0 Å². The number of hydrogen-bond donors (Lipinski definition) is 3. The summed E-state index contributed by atoms with van der Waals surface area (Å²) in [6.45, 7) is 2.63. The van der Waals surface area contributed by atoms with Crippen LogP contribution in [0.2, 0.25) is 0 Å². The molecule has 1 rings (SSSR count). The molecular weight excluding hydrogens is 230 g/mol. The van der Waals surface area contributed by atoms with Crippen molar-refractivity contribution >= 4 is 17.5 Å². The Bertz CT molecular complexity index is 401. The van der Waals surface area contributed by atoms with E-state index in [9.17, 15) is 9.59 Å². The number of carbonyl (C=O) groups is 2. The van der Waals surface area contributed by atoms with E-state index in [1.54, 1.807) is 24.3 Å². The van der Waals surface area contributed by atoms with Crippen molar-refractivity contribution in [3.8, 4) is 0 Å². The molecule has 0 fully saturated rings. The lowest BCUT2D eigenvalue weighted by atomic mass is 10.1. The standard InChI is InChI=1S/C13H19N3O2/c1-2-7-15-13(18)9-16-12(17)8-10-3-5-11(14)6-4-10/h3-6H,2,7-9,14H2,1H3,(H,15,18)(H,16,17). The van der Waals surface area contributed by atoms with Gasteiger partial charge in [-0.3, -0.25) is 9.59 Å². The van der Waals surface area contributed by atoms with E-state index in [-0.39, 0.29) is 24.8 Å². The molecule has 0 aliphatic carbocycles. The minimum absolute atomic E-state index is 0.0216. The Labute approximate surface area is 107 Å². The van der Waals surface area contributed by atoms with E-state index in [1.165, 1.54) is 0 Å². The first-order chi connectivity index (χ1) is 8.61. The maximum Gasteiger partial charge on any atom is 0.239 e. The molecule has 0 heterocycles. The van der Waals surface area contributed by atoms with Crippen molar-refractivity contribution in [1.29, 1.82) is 0 Å². The monoisotopic (exact) mass is 249 g/mol. The highest BCUT2D eigenvalue weighted by atomic mass is 16.2. The van der Waals surface area contributed by atoms with Crippen molar-refractivity contribution < 1.29 is 9.59 Å². The van der Waals surface area contributed by atoms with Gasteiger partial charge in [-0.05, 0) is 24.1 Å². The molecule has 0 radical (unpaired) electrons. The summed E-state index contributed by atoms with van der Waals surface area (Å²) in [6.07, 6.45) is 1.13. The van der Waals surface area contributed by atoms with E-state index in [0.717, 1.165) is 12.0 Å². The summed E-state index contributed by atoms with van der Waals surface area (Å²) in [4.78, 5) is 22.8. The number of nitrogen functional groups attached to an aromatic ring is 1. The molecule has 1 aromatic carbocycles. The summed E-state index contributed by atoms with van der Waals surface area (Å²) in [6, 6.07) is 7.09. The van der Waals surface area contributed by atoms with Crippen molar-refractivity contribution in [2.24, 2.45) is 0 Å². The molecule has 18 heavy (non-hydrogen) atoms. The van der Waals surface area contributed by atoms with Crippen LogP contribution >= 0.6 is 0 Å².